The Morgan fingerprint density at radius 1 is 1.20 bits per heavy atom. The minimum absolute atomic E-state index is 0. The monoisotopic (exact) mass is 323 g/mol. The average Bonchev–Trinajstić information content (AvgIpc) is 2.40. The Bertz CT molecular complexity index is 397. The zero-order valence-corrected chi connectivity index (χ0v) is 12.6. The number of non-ortho nitro benzene ring substituents is 1. The van der Waals surface area contributed by atoms with Gasteiger partial charge in [0, 0.05) is 44.9 Å². The maximum atomic E-state index is 10.5. The van der Waals surface area contributed by atoms with E-state index in [9.17, 15) is 10.1 Å². The van der Waals surface area contributed by atoms with Crippen LogP contribution in [0.15, 0.2) is 24.3 Å². The largest absolute Gasteiger partial charge is 0.492 e. The Kier molecular flexibility index (Phi) is 9.24. The number of nitrogens with one attached hydrogen (secondary N) is 1. The molecule has 6 nitrogen and oxygen atoms in total. The van der Waals surface area contributed by atoms with Crippen LogP contribution in [-0.4, -0.2) is 49.2 Å². The lowest BCUT2D eigenvalue weighted by Crippen LogP contribution is -2.44. The van der Waals surface area contributed by atoms with Gasteiger partial charge >= 0.3 is 0 Å². The van der Waals surface area contributed by atoms with Gasteiger partial charge < -0.3 is 10.1 Å². The Hall–Kier alpha value is -1.08. The number of nitrogens with zero attached hydrogens (tertiary/aromatic N) is 2. The summed E-state index contributed by atoms with van der Waals surface area (Å²) >= 11 is 0. The molecule has 20 heavy (non-hydrogen) atoms. The molecule has 0 radical (unpaired) electrons. The lowest BCUT2D eigenvalue weighted by atomic mass is 10.3. The molecule has 1 aliphatic heterocycles. The maximum Gasteiger partial charge on any atom is 0.269 e. The fraction of sp³-hybridized carbons (Fsp3) is 0.500. The third kappa shape index (κ3) is 5.92. The minimum Gasteiger partial charge on any atom is -0.492 e. The van der Waals surface area contributed by atoms with Crippen molar-refractivity contribution < 1.29 is 9.66 Å². The van der Waals surface area contributed by atoms with Gasteiger partial charge in [-0.15, -0.1) is 24.8 Å². The van der Waals surface area contributed by atoms with Gasteiger partial charge in [-0.1, -0.05) is 0 Å². The number of nitro groups is 1. The van der Waals surface area contributed by atoms with Crippen molar-refractivity contribution in [1.29, 1.82) is 0 Å². The zero-order chi connectivity index (χ0) is 12.8. The molecule has 114 valence electrons. The fourth-order valence-corrected chi connectivity index (χ4v) is 1.89. The molecular formula is C12H19Cl2N3O3. The first-order valence-corrected chi connectivity index (χ1v) is 6.06. The number of hydrogen-bond acceptors (Lipinski definition) is 5. The number of hydrogen-bond donors (Lipinski definition) is 1. The smallest absolute Gasteiger partial charge is 0.269 e. The molecule has 0 aliphatic carbocycles. The number of ether oxygens (including phenoxy) is 1. The summed E-state index contributed by atoms with van der Waals surface area (Å²) in [6.45, 7) is 5.64. The second-order valence-electron chi connectivity index (χ2n) is 4.19. The van der Waals surface area contributed by atoms with Crippen molar-refractivity contribution in [3.05, 3.63) is 34.4 Å². The van der Waals surface area contributed by atoms with Crippen LogP contribution in [0.25, 0.3) is 0 Å². The quantitative estimate of drug-likeness (QED) is 0.660. The zero-order valence-electron chi connectivity index (χ0n) is 11.0. The van der Waals surface area contributed by atoms with Crippen LogP contribution in [0.3, 0.4) is 0 Å². The SMILES string of the molecule is Cl.Cl.O=[N+]([O-])c1ccc(OCCN2CCNCC2)cc1. The van der Waals surface area contributed by atoms with Crippen molar-refractivity contribution in [1.82, 2.24) is 10.2 Å². The number of halogens is 2. The maximum absolute atomic E-state index is 10.5. The average molecular weight is 324 g/mol. The van der Waals surface area contributed by atoms with Crippen LogP contribution in [0.5, 0.6) is 5.75 Å². The van der Waals surface area contributed by atoms with E-state index in [2.05, 4.69) is 10.2 Å². The Labute approximate surface area is 130 Å². The highest BCUT2D eigenvalue weighted by Crippen LogP contribution is 2.17. The van der Waals surface area contributed by atoms with E-state index in [1.54, 1.807) is 12.1 Å². The van der Waals surface area contributed by atoms with Gasteiger partial charge in [-0.25, -0.2) is 0 Å². The number of rotatable bonds is 5. The summed E-state index contributed by atoms with van der Waals surface area (Å²) in [4.78, 5) is 12.4. The van der Waals surface area contributed by atoms with Crippen molar-refractivity contribution in [3.63, 3.8) is 0 Å². The molecule has 1 aromatic carbocycles. The van der Waals surface area contributed by atoms with Crippen LogP contribution >= 0.6 is 24.8 Å². The molecule has 1 heterocycles. The third-order valence-electron chi connectivity index (χ3n) is 2.93. The van der Waals surface area contributed by atoms with Gasteiger partial charge in [0.15, 0.2) is 0 Å². The topological polar surface area (TPSA) is 67.6 Å². The van der Waals surface area contributed by atoms with Crippen LogP contribution < -0.4 is 10.1 Å². The highest BCUT2D eigenvalue weighted by atomic mass is 35.5. The molecule has 0 atom stereocenters. The Morgan fingerprint density at radius 2 is 1.80 bits per heavy atom. The molecule has 8 heteroatoms. The van der Waals surface area contributed by atoms with Crippen molar-refractivity contribution >= 4 is 30.5 Å². The molecule has 1 N–H and O–H groups in total. The molecule has 1 saturated heterocycles. The van der Waals surface area contributed by atoms with E-state index in [0.717, 1.165) is 32.7 Å². The van der Waals surface area contributed by atoms with Crippen molar-refractivity contribution in [2.75, 3.05) is 39.3 Å². The van der Waals surface area contributed by atoms with Gasteiger partial charge in [0.25, 0.3) is 5.69 Å². The molecule has 1 aliphatic rings. The van der Waals surface area contributed by atoms with Gasteiger partial charge in [0.1, 0.15) is 12.4 Å². The fourth-order valence-electron chi connectivity index (χ4n) is 1.89. The van der Waals surface area contributed by atoms with Crippen LogP contribution in [-0.2, 0) is 0 Å². The first-order valence-electron chi connectivity index (χ1n) is 6.06. The van der Waals surface area contributed by atoms with E-state index in [4.69, 9.17) is 4.74 Å². The molecule has 2 rings (SSSR count). The first-order chi connectivity index (χ1) is 8.75. The van der Waals surface area contributed by atoms with Crippen molar-refractivity contribution in [3.8, 4) is 5.75 Å². The standard InChI is InChI=1S/C12H17N3O3.2ClH/c16-15(17)11-1-3-12(4-2-11)18-10-9-14-7-5-13-6-8-14;;/h1-4,13H,5-10H2;2*1H. The summed E-state index contributed by atoms with van der Waals surface area (Å²) < 4.78 is 5.56. The second-order valence-corrected chi connectivity index (χ2v) is 4.19. The van der Waals surface area contributed by atoms with Gasteiger partial charge in [0.05, 0.1) is 4.92 Å². The predicted molar refractivity (Wildman–Crippen MR) is 82.4 cm³/mol. The minimum atomic E-state index is -0.412. The van der Waals surface area contributed by atoms with E-state index in [-0.39, 0.29) is 30.5 Å². The van der Waals surface area contributed by atoms with E-state index < -0.39 is 4.92 Å². The number of piperazine rings is 1. The highest BCUT2D eigenvalue weighted by Gasteiger charge is 2.09. The molecule has 1 aromatic rings. The summed E-state index contributed by atoms with van der Waals surface area (Å²) in [6.07, 6.45) is 0. The third-order valence-corrected chi connectivity index (χ3v) is 2.93. The van der Waals surface area contributed by atoms with Crippen LogP contribution in [0, 0.1) is 10.1 Å². The normalized spacial score (nSPS) is 14.8. The molecule has 0 spiro atoms. The van der Waals surface area contributed by atoms with Gasteiger partial charge in [-0.3, -0.25) is 15.0 Å². The van der Waals surface area contributed by atoms with Gasteiger partial charge in [-0.2, -0.15) is 0 Å². The summed E-state index contributed by atoms with van der Waals surface area (Å²) in [7, 11) is 0. The summed E-state index contributed by atoms with van der Waals surface area (Å²) in [6, 6.07) is 6.19. The molecule has 0 bridgehead atoms. The van der Waals surface area contributed by atoms with Crippen LogP contribution in [0.1, 0.15) is 0 Å². The first kappa shape index (κ1) is 18.9. The lowest BCUT2D eigenvalue weighted by Gasteiger charge is -2.26. The Morgan fingerprint density at radius 3 is 2.35 bits per heavy atom. The van der Waals surface area contributed by atoms with E-state index in [0.29, 0.717) is 12.4 Å². The second kappa shape index (κ2) is 9.77. The van der Waals surface area contributed by atoms with Crippen LogP contribution in [0.4, 0.5) is 5.69 Å². The summed E-state index contributed by atoms with van der Waals surface area (Å²) in [5.41, 5.74) is 0.0875. The summed E-state index contributed by atoms with van der Waals surface area (Å²) in [5, 5.41) is 13.8. The molecular weight excluding hydrogens is 305 g/mol. The highest BCUT2D eigenvalue weighted by molar-refractivity contribution is 5.85. The molecule has 0 aromatic heterocycles. The summed E-state index contributed by atoms with van der Waals surface area (Å²) in [5.74, 6) is 0.677. The van der Waals surface area contributed by atoms with E-state index in [1.807, 2.05) is 0 Å². The van der Waals surface area contributed by atoms with Gasteiger partial charge in [-0.05, 0) is 12.1 Å². The molecule has 1 fully saturated rings. The number of nitro benzene ring substituents is 1. The van der Waals surface area contributed by atoms with Crippen molar-refractivity contribution in [2.24, 2.45) is 0 Å². The van der Waals surface area contributed by atoms with Gasteiger partial charge in [0.2, 0.25) is 0 Å². The van der Waals surface area contributed by atoms with Crippen LogP contribution in [0.2, 0.25) is 0 Å². The van der Waals surface area contributed by atoms with Crippen molar-refractivity contribution in [2.45, 2.75) is 0 Å². The molecule has 0 amide bonds. The van der Waals surface area contributed by atoms with E-state index >= 15 is 0 Å². The molecule has 0 saturated carbocycles. The Balaban J connectivity index is 0.00000180. The molecule has 0 unspecified atom stereocenters. The van der Waals surface area contributed by atoms with E-state index in [1.165, 1.54) is 12.1 Å². The predicted octanol–water partition coefficient (Wildman–Crippen LogP) is 1.72. The number of benzene rings is 1. The lowest BCUT2D eigenvalue weighted by molar-refractivity contribution is -0.384.